The van der Waals surface area contributed by atoms with E-state index in [-0.39, 0.29) is 23.8 Å². The lowest BCUT2D eigenvalue weighted by Crippen LogP contribution is -2.31. The van der Waals surface area contributed by atoms with Crippen LogP contribution in [0.1, 0.15) is 26.7 Å². The first-order valence-electron chi connectivity index (χ1n) is 7.47. The zero-order valence-corrected chi connectivity index (χ0v) is 15.7. The van der Waals surface area contributed by atoms with Gasteiger partial charge in [0.2, 0.25) is 20.0 Å². The van der Waals surface area contributed by atoms with Crippen LogP contribution in [0.3, 0.4) is 0 Å². The highest BCUT2D eigenvalue weighted by atomic mass is 32.2. The number of rotatable bonds is 10. The molecule has 0 bridgehead atoms. The van der Waals surface area contributed by atoms with Gasteiger partial charge in [0.25, 0.3) is 0 Å². The van der Waals surface area contributed by atoms with Crippen LogP contribution in [0.2, 0.25) is 0 Å². The van der Waals surface area contributed by atoms with Crippen LogP contribution in [0.5, 0.6) is 0 Å². The normalized spacial score (nSPS) is 12.7. The van der Waals surface area contributed by atoms with E-state index in [1.54, 1.807) is 19.3 Å². The van der Waals surface area contributed by atoms with Gasteiger partial charge in [0.15, 0.2) is 5.82 Å². The summed E-state index contributed by atoms with van der Waals surface area (Å²) in [4.78, 5) is 0. The predicted molar refractivity (Wildman–Crippen MR) is 91.3 cm³/mol. The molecular formula is C13H26N4O4S2. The molecule has 0 unspecified atom stereocenters. The van der Waals surface area contributed by atoms with E-state index in [0.29, 0.717) is 18.8 Å². The predicted octanol–water partition coefficient (Wildman–Crippen LogP) is 0.542. The fraction of sp³-hybridized carbons (Fsp3) is 0.769. The van der Waals surface area contributed by atoms with Crippen LogP contribution in [-0.4, -0.2) is 51.7 Å². The molecule has 23 heavy (non-hydrogen) atoms. The van der Waals surface area contributed by atoms with Crippen molar-refractivity contribution in [3.05, 3.63) is 12.3 Å². The second-order valence-corrected chi connectivity index (χ2v) is 9.95. The lowest BCUT2D eigenvalue weighted by atomic mass is 10.2. The van der Waals surface area contributed by atoms with Crippen molar-refractivity contribution in [3.63, 3.8) is 0 Å². The molecule has 0 amide bonds. The van der Waals surface area contributed by atoms with E-state index in [9.17, 15) is 16.8 Å². The number of aryl methyl sites for hydroxylation is 1. The number of hydrogen-bond acceptors (Lipinski definition) is 5. The van der Waals surface area contributed by atoms with Crippen molar-refractivity contribution in [2.45, 2.75) is 26.7 Å². The topological polar surface area (TPSA) is 101 Å². The summed E-state index contributed by atoms with van der Waals surface area (Å²) >= 11 is 0. The molecule has 0 aliphatic carbocycles. The third-order valence-corrected chi connectivity index (χ3v) is 6.48. The zero-order chi connectivity index (χ0) is 17.7. The molecule has 0 radical (unpaired) electrons. The van der Waals surface area contributed by atoms with Crippen molar-refractivity contribution < 1.29 is 16.8 Å². The second kappa shape index (κ2) is 8.11. The van der Waals surface area contributed by atoms with Crippen LogP contribution in [-0.2, 0) is 27.1 Å². The summed E-state index contributed by atoms with van der Waals surface area (Å²) in [7, 11) is -3.69. The maximum absolute atomic E-state index is 12.2. The molecule has 1 aromatic heterocycles. The van der Waals surface area contributed by atoms with Gasteiger partial charge in [-0.15, -0.1) is 0 Å². The van der Waals surface area contributed by atoms with E-state index in [0.717, 1.165) is 4.31 Å². The molecule has 8 nitrogen and oxygen atoms in total. The molecule has 0 saturated carbocycles. The van der Waals surface area contributed by atoms with E-state index in [2.05, 4.69) is 9.82 Å². The standard InChI is InChI=1S/C13H26N4O4S2/c1-12(2)11-14-22(18,19)9-5-6-10-23(20,21)17(4)13-7-8-16(3)15-13/h7-8,12,14H,5-6,9-11H2,1-4H3. The van der Waals surface area contributed by atoms with Gasteiger partial charge in [-0.25, -0.2) is 21.6 Å². The summed E-state index contributed by atoms with van der Waals surface area (Å²) in [6, 6.07) is 1.61. The molecule has 1 heterocycles. The van der Waals surface area contributed by atoms with Crippen molar-refractivity contribution >= 4 is 25.9 Å². The highest BCUT2D eigenvalue weighted by Gasteiger charge is 2.20. The molecule has 0 aliphatic rings. The van der Waals surface area contributed by atoms with Crippen LogP contribution in [0.4, 0.5) is 5.82 Å². The lowest BCUT2D eigenvalue weighted by molar-refractivity contribution is 0.556. The first-order chi connectivity index (χ1) is 10.5. The molecule has 0 aromatic carbocycles. The summed E-state index contributed by atoms with van der Waals surface area (Å²) in [6.45, 7) is 4.23. The van der Waals surface area contributed by atoms with Crippen molar-refractivity contribution in [3.8, 4) is 0 Å². The largest absolute Gasteiger partial charge is 0.274 e. The zero-order valence-electron chi connectivity index (χ0n) is 14.1. The van der Waals surface area contributed by atoms with E-state index in [4.69, 9.17) is 0 Å². The van der Waals surface area contributed by atoms with Gasteiger partial charge in [-0.05, 0) is 18.8 Å². The summed E-state index contributed by atoms with van der Waals surface area (Å²) < 4.78 is 53.0. The van der Waals surface area contributed by atoms with Crippen LogP contribution in [0, 0.1) is 5.92 Å². The molecule has 0 aliphatic heterocycles. The average Bonchev–Trinajstić information content (AvgIpc) is 2.87. The summed E-state index contributed by atoms with van der Waals surface area (Å²) in [5, 5.41) is 4.04. The highest BCUT2D eigenvalue weighted by molar-refractivity contribution is 7.92. The minimum absolute atomic E-state index is 0.0669. The number of anilines is 1. The first kappa shape index (κ1) is 19.9. The fourth-order valence-corrected chi connectivity index (χ4v) is 4.33. The number of unbranched alkanes of at least 4 members (excludes halogenated alkanes) is 1. The van der Waals surface area contributed by atoms with Gasteiger partial charge in [-0.1, -0.05) is 13.8 Å². The smallest absolute Gasteiger partial charge is 0.236 e. The van der Waals surface area contributed by atoms with Gasteiger partial charge in [0, 0.05) is 32.9 Å². The maximum Gasteiger partial charge on any atom is 0.236 e. The number of nitrogens with one attached hydrogen (secondary N) is 1. The Hall–Kier alpha value is -1.13. The van der Waals surface area contributed by atoms with Gasteiger partial charge in [-0.3, -0.25) is 8.99 Å². The maximum atomic E-state index is 12.2. The first-order valence-corrected chi connectivity index (χ1v) is 10.7. The molecule has 1 rings (SSSR count). The van der Waals surface area contributed by atoms with E-state index in [1.165, 1.54) is 11.7 Å². The van der Waals surface area contributed by atoms with Crippen LogP contribution < -0.4 is 9.03 Å². The van der Waals surface area contributed by atoms with Crippen LogP contribution in [0.15, 0.2) is 12.3 Å². The van der Waals surface area contributed by atoms with E-state index < -0.39 is 20.0 Å². The molecule has 0 saturated heterocycles. The summed E-state index contributed by atoms with van der Waals surface area (Å²) in [6.07, 6.45) is 2.24. The molecule has 0 spiro atoms. The monoisotopic (exact) mass is 366 g/mol. The van der Waals surface area contributed by atoms with Crippen LogP contribution >= 0.6 is 0 Å². The van der Waals surface area contributed by atoms with Gasteiger partial charge in [0.05, 0.1) is 11.5 Å². The SMILES string of the molecule is CC(C)CNS(=O)(=O)CCCCS(=O)(=O)N(C)c1ccn(C)n1. The Kier molecular flexibility index (Phi) is 7.02. The molecule has 134 valence electrons. The Labute approximate surface area is 139 Å². The highest BCUT2D eigenvalue weighted by Crippen LogP contribution is 2.14. The number of nitrogens with zero attached hydrogens (tertiary/aromatic N) is 3. The number of sulfonamides is 2. The Balaban J connectivity index is 2.45. The van der Waals surface area contributed by atoms with E-state index >= 15 is 0 Å². The van der Waals surface area contributed by atoms with Gasteiger partial charge in [-0.2, -0.15) is 5.10 Å². The van der Waals surface area contributed by atoms with Crippen LogP contribution in [0.25, 0.3) is 0 Å². The van der Waals surface area contributed by atoms with Crippen molar-refractivity contribution in [2.24, 2.45) is 13.0 Å². The Morgan fingerprint density at radius 1 is 1.22 bits per heavy atom. The van der Waals surface area contributed by atoms with Gasteiger partial charge >= 0.3 is 0 Å². The lowest BCUT2D eigenvalue weighted by Gasteiger charge is -2.16. The number of aromatic nitrogens is 2. The third kappa shape index (κ3) is 6.88. The summed E-state index contributed by atoms with van der Waals surface area (Å²) in [5.41, 5.74) is 0. The van der Waals surface area contributed by atoms with E-state index in [1.807, 2.05) is 13.8 Å². The Morgan fingerprint density at radius 2 is 1.83 bits per heavy atom. The fourth-order valence-electron chi connectivity index (χ4n) is 1.79. The molecule has 10 heteroatoms. The minimum atomic E-state index is -3.50. The van der Waals surface area contributed by atoms with Gasteiger partial charge < -0.3 is 0 Å². The quantitative estimate of drug-likeness (QED) is 0.609. The van der Waals surface area contributed by atoms with Crippen molar-refractivity contribution in [1.29, 1.82) is 0 Å². The molecule has 1 N–H and O–H groups in total. The van der Waals surface area contributed by atoms with Crippen molar-refractivity contribution in [2.75, 3.05) is 29.4 Å². The Morgan fingerprint density at radius 3 is 2.35 bits per heavy atom. The number of hydrogen-bond donors (Lipinski definition) is 1. The molecule has 0 atom stereocenters. The third-order valence-electron chi connectivity index (χ3n) is 3.22. The average molecular weight is 367 g/mol. The Bertz CT molecular complexity index is 695. The molecule has 1 aromatic rings. The summed E-state index contributed by atoms with van der Waals surface area (Å²) in [5.74, 6) is 0.401. The minimum Gasteiger partial charge on any atom is -0.274 e. The second-order valence-electron chi connectivity index (χ2n) is 5.90. The van der Waals surface area contributed by atoms with Gasteiger partial charge in [0.1, 0.15) is 0 Å². The van der Waals surface area contributed by atoms with Crippen molar-refractivity contribution in [1.82, 2.24) is 14.5 Å². The molecule has 0 fully saturated rings. The molecular weight excluding hydrogens is 340 g/mol.